The van der Waals surface area contributed by atoms with E-state index in [2.05, 4.69) is 5.32 Å². The van der Waals surface area contributed by atoms with Crippen LogP contribution >= 0.6 is 0 Å². The van der Waals surface area contributed by atoms with Crippen molar-refractivity contribution >= 4 is 28.1 Å². The summed E-state index contributed by atoms with van der Waals surface area (Å²) in [5, 5.41) is 14.5. The van der Waals surface area contributed by atoms with Crippen LogP contribution < -0.4 is 11.1 Å². The molecule has 0 saturated carbocycles. The van der Waals surface area contributed by atoms with E-state index in [1.54, 1.807) is 6.07 Å². The average molecular weight is 278 g/mol. The first-order valence-electron chi connectivity index (χ1n) is 6.52. The Hall–Kier alpha value is -3.01. The van der Waals surface area contributed by atoms with Gasteiger partial charge in [0.15, 0.2) is 0 Å². The van der Waals surface area contributed by atoms with Crippen LogP contribution in [0.1, 0.15) is 10.4 Å². The summed E-state index contributed by atoms with van der Waals surface area (Å²) < 4.78 is 0. The van der Waals surface area contributed by atoms with E-state index in [0.717, 1.165) is 10.8 Å². The van der Waals surface area contributed by atoms with Gasteiger partial charge in [-0.1, -0.05) is 30.3 Å². The number of fused-ring (bicyclic) bond motifs is 1. The van der Waals surface area contributed by atoms with Crippen molar-refractivity contribution in [3.05, 3.63) is 66.2 Å². The van der Waals surface area contributed by atoms with Crippen molar-refractivity contribution in [1.82, 2.24) is 0 Å². The van der Waals surface area contributed by atoms with Crippen molar-refractivity contribution in [3.63, 3.8) is 0 Å². The average Bonchev–Trinajstić information content (AvgIpc) is 2.50. The molecular formula is C17H14N2O2. The van der Waals surface area contributed by atoms with Gasteiger partial charge in [0.05, 0.1) is 5.69 Å². The molecule has 3 aromatic carbocycles. The minimum atomic E-state index is -0.291. The Morgan fingerprint density at radius 3 is 2.48 bits per heavy atom. The summed E-state index contributed by atoms with van der Waals surface area (Å²) in [7, 11) is 0. The van der Waals surface area contributed by atoms with E-state index in [0.29, 0.717) is 11.3 Å². The van der Waals surface area contributed by atoms with Gasteiger partial charge in [0.25, 0.3) is 5.91 Å². The molecule has 0 aliphatic carbocycles. The Morgan fingerprint density at radius 1 is 0.952 bits per heavy atom. The molecule has 0 unspecified atom stereocenters. The van der Waals surface area contributed by atoms with E-state index in [4.69, 9.17) is 5.73 Å². The fourth-order valence-corrected chi connectivity index (χ4v) is 2.16. The van der Waals surface area contributed by atoms with Gasteiger partial charge in [-0.15, -0.1) is 0 Å². The van der Waals surface area contributed by atoms with Crippen molar-refractivity contribution in [2.45, 2.75) is 0 Å². The molecule has 0 fully saturated rings. The Kier molecular flexibility index (Phi) is 3.20. The molecular weight excluding hydrogens is 264 g/mol. The molecule has 3 rings (SSSR count). The maximum Gasteiger partial charge on any atom is 0.255 e. The molecule has 0 saturated heterocycles. The summed E-state index contributed by atoms with van der Waals surface area (Å²) in [4.78, 5) is 12.2. The van der Waals surface area contributed by atoms with E-state index in [9.17, 15) is 9.90 Å². The fourth-order valence-electron chi connectivity index (χ4n) is 2.16. The highest BCUT2D eigenvalue weighted by Gasteiger charge is 2.08. The molecule has 4 heteroatoms. The van der Waals surface area contributed by atoms with Crippen LogP contribution in [0.3, 0.4) is 0 Å². The maximum absolute atomic E-state index is 12.2. The van der Waals surface area contributed by atoms with Crippen LogP contribution in [0, 0.1) is 0 Å². The van der Waals surface area contributed by atoms with Gasteiger partial charge in [0.2, 0.25) is 0 Å². The van der Waals surface area contributed by atoms with Crippen LogP contribution in [0.15, 0.2) is 60.7 Å². The smallest absolute Gasteiger partial charge is 0.255 e. The number of phenolic OH excluding ortho intramolecular Hbond substituents is 1. The predicted molar refractivity (Wildman–Crippen MR) is 84.4 cm³/mol. The van der Waals surface area contributed by atoms with Gasteiger partial charge in [-0.2, -0.15) is 0 Å². The number of aromatic hydroxyl groups is 1. The van der Waals surface area contributed by atoms with E-state index >= 15 is 0 Å². The zero-order valence-electron chi connectivity index (χ0n) is 11.2. The van der Waals surface area contributed by atoms with Gasteiger partial charge in [-0.3, -0.25) is 4.79 Å². The zero-order valence-corrected chi connectivity index (χ0v) is 11.2. The number of anilines is 2. The SMILES string of the molecule is Nc1ccc(C(=O)Nc2ccc3ccccc3c2)cc1O. The maximum atomic E-state index is 12.2. The molecule has 0 heterocycles. The molecule has 0 radical (unpaired) electrons. The number of amides is 1. The molecule has 0 bridgehead atoms. The van der Waals surface area contributed by atoms with Crippen LogP contribution in [-0.2, 0) is 0 Å². The summed E-state index contributed by atoms with van der Waals surface area (Å²) in [6, 6.07) is 18.1. The molecule has 1 amide bonds. The van der Waals surface area contributed by atoms with Gasteiger partial charge in [-0.05, 0) is 41.1 Å². The Labute approximate surface area is 121 Å². The first kappa shape index (κ1) is 13.0. The second kappa shape index (κ2) is 5.17. The van der Waals surface area contributed by atoms with Gasteiger partial charge in [-0.25, -0.2) is 0 Å². The number of nitrogens with two attached hydrogens (primary N) is 1. The largest absolute Gasteiger partial charge is 0.506 e. The Balaban J connectivity index is 1.87. The Bertz CT molecular complexity index is 828. The Morgan fingerprint density at radius 2 is 1.71 bits per heavy atom. The summed E-state index contributed by atoms with van der Waals surface area (Å²) in [6.07, 6.45) is 0. The molecule has 3 aromatic rings. The highest BCUT2D eigenvalue weighted by atomic mass is 16.3. The second-order valence-electron chi connectivity index (χ2n) is 4.79. The number of phenols is 1. The minimum absolute atomic E-state index is 0.0961. The van der Waals surface area contributed by atoms with Crippen LogP contribution in [-0.4, -0.2) is 11.0 Å². The third kappa shape index (κ3) is 2.65. The lowest BCUT2D eigenvalue weighted by molar-refractivity contribution is 0.102. The highest BCUT2D eigenvalue weighted by molar-refractivity contribution is 6.05. The zero-order chi connectivity index (χ0) is 14.8. The number of nitrogen functional groups attached to an aromatic ring is 1. The molecule has 0 aromatic heterocycles. The molecule has 21 heavy (non-hydrogen) atoms. The van der Waals surface area contributed by atoms with Gasteiger partial charge in [0.1, 0.15) is 5.75 Å². The monoisotopic (exact) mass is 278 g/mol. The van der Waals surface area contributed by atoms with Crippen LogP contribution in [0.4, 0.5) is 11.4 Å². The van der Waals surface area contributed by atoms with E-state index in [1.807, 2.05) is 42.5 Å². The van der Waals surface area contributed by atoms with Gasteiger partial charge >= 0.3 is 0 Å². The molecule has 104 valence electrons. The molecule has 0 spiro atoms. The lowest BCUT2D eigenvalue weighted by atomic mass is 10.1. The number of benzene rings is 3. The van der Waals surface area contributed by atoms with Crippen LogP contribution in [0.5, 0.6) is 5.75 Å². The number of hydrogen-bond acceptors (Lipinski definition) is 3. The number of rotatable bonds is 2. The number of carbonyl (C=O) groups is 1. The number of hydrogen-bond donors (Lipinski definition) is 3. The highest BCUT2D eigenvalue weighted by Crippen LogP contribution is 2.22. The summed E-state index contributed by atoms with van der Waals surface area (Å²) >= 11 is 0. The standard InChI is InChI=1S/C17H14N2O2/c18-15-8-6-13(10-16(15)20)17(21)19-14-7-5-11-3-1-2-4-12(11)9-14/h1-10,20H,18H2,(H,19,21). The quantitative estimate of drug-likeness (QED) is 0.497. The van der Waals surface area contributed by atoms with Crippen molar-refractivity contribution < 1.29 is 9.90 Å². The number of nitrogens with one attached hydrogen (secondary N) is 1. The first-order valence-corrected chi connectivity index (χ1v) is 6.52. The normalized spacial score (nSPS) is 10.5. The lowest BCUT2D eigenvalue weighted by Crippen LogP contribution is -2.11. The summed E-state index contributed by atoms with van der Waals surface area (Å²) in [6.45, 7) is 0. The summed E-state index contributed by atoms with van der Waals surface area (Å²) in [5.74, 6) is -0.387. The van der Waals surface area contributed by atoms with E-state index in [-0.39, 0.29) is 17.3 Å². The topological polar surface area (TPSA) is 75.4 Å². The van der Waals surface area contributed by atoms with Crippen molar-refractivity contribution in [1.29, 1.82) is 0 Å². The van der Waals surface area contributed by atoms with Gasteiger partial charge in [0, 0.05) is 11.3 Å². The lowest BCUT2D eigenvalue weighted by Gasteiger charge is -2.07. The van der Waals surface area contributed by atoms with Crippen molar-refractivity contribution in [3.8, 4) is 5.75 Å². The molecule has 0 atom stereocenters. The third-order valence-electron chi connectivity index (χ3n) is 3.30. The van der Waals surface area contributed by atoms with Crippen molar-refractivity contribution in [2.75, 3.05) is 11.1 Å². The summed E-state index contributed by atoms with van der Waals surface area (Å²) in [5.41, 5.74) is 6.83. The van der Waals surface area contributed by atoms with Crippen LogP contribution in [0.25, 0.3) is 10.8 Å². The molecule has 0 aliphatic rings. The molecule has 4 N–H and O–H groups in total. The van der Waals surface area contributed by atoms with Crippen molar-refractivity contribution in [2.24, 2.45) is 0 Å². The molecule has 0 aliphatic heterocycles. The first-order chi connectivity index (χ1) is 10.1. The van der Waals surface area contributed by atoms with Gasteiger partial charge < -0.3 is 16.2 Å². The second-order valence-corrected chi connectivity index (χ2v) is 4.79. The van der Waals surface area contributed by atoms with E-state index < -0.39 is 0 Å². The van der Waals surface area contributed by atoms with Crippen LogP contribution in [0.2, 0.25) is 0 Å². The minimum Gasteiger partial charge on any atom is -0.506 e. The number of carbonyl (C=O) groups excluding carboxylic acids is 1. The predicted octanol–water partition coefficient (Wildman–Crippen LogP) is 3.38. The molecule has 4 nitrogen and oxygen atoms in total. The fraction of sp³-hybridized carbons (Fsp3) is 0. The van der Waals surface area contributed by atoms with E-state index in [1.165, 1.54) is 12.1 Å². The third-order valence-corrected chi connectivity index (χ3v) is 3.30.